The first kappa shape index (κ1) is 16.2. The van der Waals surface area contributed by atoms with E-state index in [0.717, 1.165) is 35.0 Å². The van der Waals surface area contributed by atoms with Crippen LogP contribution in [-0.2, 0) is 12.8 Å². The maximum atomic E-state index is 5.31. The van der Waals surface area contributed by atoms with Crippen molar-refractivity contribution in [1.82, 2.24) is 25.1 Å². The van der Waals surface area contributed by atoms with Crippen LogP contribution in [0.3, 0.4) is 0 Å². The standard InChI is InChI=1S/C17H15BrN6S/c18-12(9-11-5-2-1-3-6-11)10-19-24-16(22-23-17(24)25)15-13-7-4-8-14(13)20-21-15/h1-3,5-6,9-10H,4,7-8H2,(H,20,21)(H,23,25)/b12-9+,19-10+. The Labute approximate surface area is 157 Å². The van der Waals surface area contributed by atoms with Gasteiger partial charge in [0.2, 0.25) is 10.6 Å². The van der Waals surface area contributed by atoms with Crippen LogP contribution in [0.1, 0.15) is 23.2 Å². The highest BCUT2D eigenvalue weighted by atomic mass is 79.9. The second-order valence-corrected chi connectivity index (χ2v) is 7.03. The van der Waals surface area contributed by atoms with Crippen LogP contribution in [0.5, 0.6) is 0 Å². The Morgan fingerprint density at radius 2 is 2.04 bits per heavy atom. The molecule has 2 N–H and O–H groups in total. The number of hydrogen-bond donors (Lipinski definition) is 2. The SMILES string of the molecule is S=c1[nH]nc(-c2n[nH]c3c2CCC3)n1/N=C/C(Br)=C\c1ccccc1. The Balaban J connectivity index is 1.66. The summed E-state index contributed by atoms with van der Waals surface area (Å²) < 4.78 is 2.87. The van der Waals surface area contributed by atoms with Gasteiger partial charge in [-0.05, 0) is 59.0 Å². The topological polar surface area (TPSA) is 74.7 Å². The van der Waals surface area contributed by atoms with E-state index in [0.29, 0.717) is 10.6 Å². The van der Waals surface area contributed by atoms with E-state index in [4.69, 9.17) is 12.2 Å². The first-order valence-electron chi connectivity index (χ1n) is 7.93. The minimum absolute atomic E-state index is 0.431. The fraction of sp³-hybridized carbons (Fsp3) is 0.176. The largest absolute Gasteiger partial charge is 0.282 e. The zero-order valence-electron chi connectivity index (χ0n) is 13.2. The molecule has 0 amide bonds. The van der Waals surface area contributed by atoms with E-state index in [1.54, 1.807) is 10.9 Å². The molecule has 1 aromatic carbocycles. The van der Waals surface area contributed by atoms with Gasteiger partial charge in [-0.15, -0.1) is 0 Å². The molecular weight excluding hydrogens is 400 g/mol. The van der Waals surface area contributed by atoms with Crippen molar-refractivity contribution in [3.63, 3.8) is 0 Å². The van der Waals surface area contributed by atoms with Crippen molar-refractivity contribution in [3.8, 4) is 11.5 Å². The zero-order chi connectivity index (χ0) is 17.2. The van der Waals surface area contributed by atoms with E-state index >= 15 is 0 Å². The molecule has 0 spiro atoms. The second kappa shape index (κ2) is 6.89. The lowest BCUT2D eigenvalue weighted by Crippen LogP contribution is -1.97. The molecule has 0 unspecified atom stereocenters. The van der Waals surface area contributed by atoms with Gasteiger partial charge >= 0.3 is 0 Å². The lowest BCUT2D eigenvalue weighted by atomic mass is 10.2. The summed E-state index contributed by atoms with van der Waals surface area (Å²) in [6.07, 6.45) is 6.86. The summed E-state index contributed by atoms with van der Waals surface area (Å²) in [5.41, 5.74) is 4.30. The van der Waals surface area contributed by atoms with Gasteiger partial charge in [-0.25, -0.2) is 5.10 Å². The molecule has 1 aliphatic rings. The molecule has 4 rings (SSSR count). The third-order valence-electron chi connectivity index (χ3n) is 4.07. The number of H-pyrrole nitrogens is 2. The van der Waals surface area contributed by atoms with Crippen molar-refractivity contribution in [2.75, 3.05) is 0 Å². The number of aryl methyl sites for hydroxylation is 1. The number of aromatic amines is 2. The van der Waals surface area contributed by atoms with E-state index in [9.17, 15) is 0 Å². The summed E-state index contributed by atoms with van der Waals surface area (Å²) in [4.78, 5) is 0. The molecule has 0 aliphatic heterocycles. The number of benzene rings is 1. The lowest BCUT2D eigenvalue weighted by molar-refractivity contribution is 0.844. The van der Waals surface area contributed by atoms with Crippen LogP contribution in [-0.4, -0.2) is 31.3 Å². The molecule has 1 aliphatic carbocycles. The minimum Gasteiger partial charge on any atom is -0.282 e. The summed E-state index contributed by atoms with van der Waals surface area (Å²) >= 11 is 8.83. The maximum Gasteiger partial charge on any atom is 0.216 e. The minimum atomic E-state index is 0.431. The molecule has 126 valence electrons. The van der Waals surface area contributed by atoms with Crippen molar-refractivity contribution in [2.45, 2.75) is 19.3 Å². The van der Waals surface area contributed by atoms with Crippen molar-refractivity contribution in [2.24, 2.45) is 5.10 Å². The van der Waals surface area contributed by atoms with Crippen LogP contribution in [0.15, 0.2) is 39.9 Å². The van der Waals surface area contributed by atoms with Gasteiger partial charge in [0.15, 0.2) is 0 Å². The van der Waals surface area contributed by atoms with Gasteiger partial charge < -0.3 is 0 Å². The predicted molar refractivity (Wildman–Crippen MR) is 104 cm³/mol. The predicted octanol–water partition coefficient (Wildman–Crippen LogP) is 4.09. The van der Waals surface area contributed by atoms with Gasteiger partial charge in [-0.3, -0.25) is 5.10 Å². The molecule has 0 saturated heterocycles. The molecular formula is C17H15BrN6S. The molecule has 0 radical (unpaired) electrons. The first-order valence-corrected chi connectivity index (χ1v) is 9.13. The molecule has 6 nitrogen and oxygen atoms in total. The van der Waals surface area contributed by atoms with Crippen LogP contribution < -0.4 is 0 Å². The summed E-state index contributed by atoms with van der Waals surface area (Å²) in [7, 11) is 0. The highest BCUT2D eigenvalue weighted by Gasteiger charge is 2.23. The smallest absolute Gasteiger partial charge is 0.216 e. The van der Waals surface area contributed by atoms with Crippen molar-refractivity contribution < 1.29 is 0 Å². The van der Waals surface area contributed by atoms with E-state index in [1.165, 1.54) is 11.3 Å². The molecule has 2 heterocycles. The van der Waals surface area contributed by atoms with E-state index < -0.39 is 0 Å². The third kappa shape index (κ3) is 3.27. The van der Waals surface area contributed by atoms with E-state index in [2.05, 4.69) is 41.4 Å². The molecule has 8 heteroatoms. The fourth-order valence-electron chi connectivity index (χ4n) is 2.91. The summed E-state index contributed by atoms with van der Waals surface area (Å²) in [5.74, 6) is 0.626. The second-order valence-electron chi connectivity index (χ2n) is 5.73. The number of nitrogens with zero attached hydrogens (tertiary/aromatic N) is 4. The first-order chi connectivity index (χ1) is 12.2. The van der Waals surface area contributed by atoms with Gasteiger partial charge in [0, 0.05) is 15.7 Å². The molecule has 0 saturated carbocycles. The quantitative estimate of drug-likeness (QED) is 0.498. The Morgan fingerprint density at radius 1 is 1.20 bits per heavy atom. The van der Waals surface area contributed by atoms with Crippen molar-refractivity contribution in [3.05, 3.63) is 56.4 Å². The fourth-order valence-corrected chi connectivity index (χ4v) is 3.45. The van der Waals surface area contributed by atoms with Crippen LogP contribution in [0.4, 0.5) is 0 Å². The lowest BCUT2D eigenvalue weighted by Gasteiger charge is -1.99. The van der Waals surface area contributed by atoms with Crippen molar-refractivity contribution in [1.29, 1.82) is 0 Å². The summed E-state index contributed by atoms with van der Waals surface area (Å²) in [6, 6.07) is 10.0. The Morgan fingerprint density at radius 3 is 2.88 bits per heavy atom. The number of allylic oxidation sites excluding steroid dienone is 1. The molecule has 0 atom stereocenters. The number of rotatable bonds is 4. The molecule has 0 fully saturated rings. The molecule has 0 bridgehead atoms. The number of hydrogen-bond acceptors (Lipinski definition) is 4. The monoisotopic (exact) mass is 414 g/mol. The average Bonchev–Trinajstić information content (AvgIpc) is 3.30. The highest BCUT2D eigenvalue weighted by Crippen LogP contribution is 2.29. The number of fused-ring (bicyclic) bond motifs is 1. The number of aromatic nitrogens is 5. The van der Waals surface area contributed by atoms with Crippen LogP contribution in [0.2, 0.25) is 0 Å². The Kier molecular flexibility index (Phi) is 4.46. The third-order valence-corrected chi connectivity index (χ3v) is 4.77. The highest BCUT2D eigenvalue weighted by molar-refractivity contribution is 9.12. The van der Waals surface area contributed by atoms with Gasteiger partial charge in [0.05, 0.1) is 6.21 Å². The van der Waals surface area contributed by atoms with Gasteiger partial charge in [0.1, 0.15) is 5.69 Å². The number of nitrogens with one attached hydrogen (secondary N) is 2. The van der Waals surface area contributed by atoms with Gasteiger partial charge in [-0.2, -0.15) is 20.0 Å². The summed E-state index contributed by atoms with van der Waals surface area (Å²) in [5, 5.41) is 19.1. The molecule has 2 aromatic heterocycles. The molecule has 3 aromatic rings. The van der Waals surface area contributed by atoms with Crippen molar-refractivity contribution >= 4 is 40.4 Å². The average molecular weight is 415 g/mol. The number of halogens is 1. The van der Waals surface area contributed by atoms with Gasteiger partial charge in [0.25, 0.3) is 0 Å². The molecule has 25 heavy (non-hydrogen) atoms. The Hall–Kier alpha value is -2.32. The normalized spacial score (nSPS) is 14.4. The zero-order valence-corrected chi connectivity index (χ0v) is 15.6. The Bertz CT molecular complexity index is 1010. The van der Waals surface area contributed by atoms with Crippen LogP contribution in [0.25, 0.3) is 17.6 Å². The maximum absolute atomic E-state index is 5.31. The van der Waals surface area contributed by atoms with E-state index in [-0.39, 0.29) is 0 Å². The van der Waals surface area contributed by atoms with E-state index in [1.807, 2.05) is 36.4 Å². The summed E-state index contributed by atoms with van der Waals surface area (Å²) in [6.45, 7) is 0. The van der Waals surface area contributed by atoms with Crippen LogP contribution in [0, 0.1) is 4.77 Å². The van der Waals surface area contributed by atoms with Crippen LogP contribution >= 0.6 is 28.1 Å². The van der Waals surface area contributed by atoms with Gasteiger partial charge in [-0.1, -0.05) is 30.3 Å².